The average Bonchev–Trinajstić information content (AvgIpc) is 2.67. The minimum Gasteiger partial charge on any atom is -0.232 e. The van der Waals surface area contributed by atoms with E-state index in [9.17, 15) is 0 Å². The fourth-order valence-electron chi connectivity index (χ4n) is 2.38. The number of hydrogen-bond donors (Lipinski definition) is 2. The summed E-state index contributed by atoms with van der Waals surface area (Å²) in [5.41, 5.74) is 3.01. The standard InChI is InChI=1S/C11H26N3/c1-2-3-4-5-6-9-14(13-12)10-7-8-11-14/h13H,2-12H2,1H3/q+1. The molecule has 0 amide bonds. The van der Waals surface area contributed by atoms with E-state index in [0.29, 0.717) is 0 Å². The van der Waals surface area contributed by atoms with Crippen LogP contribution in [0.5, 0.6) is 0 Å². The van der Waals surface area contributed by atoms with Crippen molar-refractivity contribution >= 4 is 0 Å². The normalized spacial score (nSPS) is 20.1. The van der Waals surface area contributed by atoms with Crippen molar-refractivity contribution in [3.63, 3.8) is 0 Å². The van der Waals surface area contributed by atoms with E-state index in [0.717, 1.165) is 4.59 Å². The van der Waals surface area contributed by atoms with Gasteiger partial charge in [-0.05, 0) is 12.8 Å². The first-order chi connectivity index (χ1) is 6.83. The Kier molecular flexibility index (Phi) is 5.45. The molecule has 3 heteroatoms. The molecule has 0 atom stereocenters. The molecule has 1 heterocycles. The second-order valence-corrected chi connectivity index (χ2v) is 4.57. The Morgan fingerprint density at radius 2 is 1.71 bits per heavy atom. The highest BCUT2D eigenvalue weighted by atomic mass is 15.8. The van der Waals surface area contributed by atoms with E-state index < -0.39 is 0 Å². The van der Waals surface area contributed by atoms with Crippen LogP contribution < -0.4 is 11.4 Å². The van der Waals surface area contributed by atoms with E-state index in [-0.39, 0.29) is 0 Å². The Labute approximate surface area is 88.2 Å². The van der Waals surface area contributed by atoms with Crippen LogP contribution in [0.3, 0.4) is 0 Å². The lowest BCUT2D eigenvalue weighted by Crippen LogP contribution is -2.59. The molecule has 1 aliphatic rings. The quantitative estimate of drug-likeness (QED) is 0.285. The molecule has 3 N–H and O–H groups in total. The summed E-state index contributed by atoms with van der Waals surface area (Å²) in [6.07, 6.45) is 9.46. The molecular weight excluding hydrogens is 174 g/mol. The third-order valence-electron chi connectivity index (χ3n) is 3.39. The maximum absolute atomic E-state index is 5.63. The average molecular weight is 200 g/mol. The summed E-state index contributed by atoms with van der Waals surface area (Å²) in [6.45, 7) is 5.94. The van der Waals surface area contributed by atoms with Gasteiger partial charge in [0.1, 0.15) is 0 Å². The van der Waals surface area contributed by atoms with Crippen molar-refractivity contribution in [3.05, 3.63) is 0 Å². The summed E-state index contributed by atoms with van der Waals surface area (Å²) in [5, 5.41) is 0. The molecule has 3 nitrogen and oxygen atoms in total. The van der Waals surface area contributed by atoms with Crippen molar-refractivity contribution in [1.29, 1.82) is 0 Å². The van der Waals surface area contributed by atoms with Crippen LogP contribution in [0.15, 0.2) is 0 Å². The first-order valence-corrected chi connectivity index (χ1v) is 6.17. The highest BCUT2D eigenvalue weighted by Crippen LogP contribution is 2.17. The predicted molar refractivity (Wildman–Crippen MR) is 60.2 cm³/mol. The van der Waals surface area contributed by atoms with Crippen LogP contribution in [0.1, 0.15) is 51.9 Å². The molecule has 14 heavy (non-hydrogen) atoms. The second kappa shape index (κ2) is 6.38. The summed E-state index contributed by atoms with van der Waals surface area (Å²) >= 11 is 0. The Morgan fingerprint density at radius 1 is 1.07 bits per heavy atom. The molecule has 1 saturated heterocycles. The molecule has 0 spiro atoms. The fourth-order valence-corrected chi connectivity index (χ4v) is 2.38. The third-order valence-corrected chi connectivity index (χ3v) is 3.39. The summed E-state index contributed by atoms with van der Waals surface area (Å²) in [6, 6.07) is 0. The first-order valence-electron chi connectivity index (χ1n) is 6.17. The van der Waals surface area contributed by atoms with Crippen LogP contribution in [0.4, 0.5) is 0 Å². The molecular formula is C11H26N3+. The minimum absolute atomic E-state index is 0.964. The highest BCUT2D eigenvalue weighted by molar-refractivity contribution is 4.52. The number of quaternary nitrogens is 1. The molecule has 0 bridgehead atoms. The molecule has 0 aromatic rings. The van der Waals surface area contributed by atoms with Gasteiger partial charge in [0.15, 0.2) is 0 Å². The zero-order valence-corrected chi connectivity index (χ0v) is 9.60. The highest BCUT2D eigenvalue weighted by Gasteiger charge is 2.30. The maximum atomic E-state index is 5.63. The van der Waals surface area contributed by atoms with Gasteiger partial charge in [-0.25, -0.2) is 10.4 Å². The van der Waals surface area contributed by atoms with Gasteiger partial charge in [-0.1, -0.05) is 26.2 Å². The molecule has 0 radical (unpaired) electrons. The summed E-state index contributed by atoms with van der Waals surface area (Å²) in [7, 11) is 0. The van der Waals surface area contributed by atoms with Gasteiger partial charge in [-0.2, -0.15) is 0 Å². The summed E-state index contributed by atoms with van der Waals surface area (Å²) < 4.78 is 0.964. The van der Waals surface area contributed by atoms with E-state index in [1.807, 2.05) is 0 Å². The van der Waals surface area contributed by atoms with Crippen molar-refractivity contribution < 1.29 is 4.59 Å². The smallest absolute Gasteiger partial charge is 0.0976 e. The van der Waals surface area contributed by atoms with Crippen LogP contribution >= 0.6 is 0 Å². The van der Waals surface area contributed by atoms with Crippen molar-refractivity contribution in [2.75, 3.05) is 19.6 Å². The molecule has 1 aliphatic heterocycles. The van der Waals surface area contributed by atoms with Crippen molar-refractivity contribution in [2.45, 2.75) is 51.9 Å². The second-order valence-electron chi connectivity index (χ2n) is 4.57. The Balaban J connectivity index is 2.08. The zero-order valence-electron chi connectivity index (χ0n) is 9.60. The number of unbranched alkanes of at least 4 members (excludes halogenated alkanes) is 4. The van der Waals surface area contributed by atoms with Crippen molar-refractivity contribution in [1.82, 2.24) is 5.53 Å². The van der Waals surface area contributed by atoms with Gasteiger partial charge in [0.25, 0.3) is 0 Å². The number of rotatable bonds is 7. The van der Waals surface area contributed by atoms with E-state index in [4.69, 9.17) is 5.84 Å². The Morgan fingerprint density at radius 3 is 2.29 bits per heavy atom. The SMILES string of the molecule is CCCCCCC[N+]1(NN)CCCC1. The van der Waals surface area contributed by atoms with E-state index in [1.54, 1.807) is 0 Å². The molecule has 0 unspecified atom stereocenters. The van der Waals surface area contributed by atoms with Crippen LogP contribution in [-0.4, -0.2) is 24.2 Å². The van der Waals surface area contributed by atoms with E-state index in [1.165, 1.54) is 64.6 Å². The van der Waals surface area contributed by atoms with Crippen LogP contribution in [0.2, 0.25) is 0 Å². The summed E-state index contributed by atoms with van der Waals surface area (Å²) in [5.74, 6) is 5.63. The van der Waals surface area contributed by atoms with Crippen LogP contribution in [0, 0.1) is 0 Å². The van der Waals surface area contributed by atoms with Gasteiger partial charge < -0.3 is 0 Å². The van der Waals surface area contributed by atoms with Crippen LogP contribution in [-0.2, 0) is 0 Å². The van der Waals surface area contributed by atoms with Gasteiger partial charge in [0.2, 0.25) is 0 Å². The lowest BCUT2D eigenvalue weighted by atomic mass is 10.1. The number of hydrazine groups is 1. The summed E-state index contributed by atoms with van der Waals surface area (Å²) in [4.78, 5) is 0. The van der Waals surface area contributed by atoms with Gasteiger partial charge in [0, 0.05) is 12.8 Å². The lowest BCUT2D eigenvalue weighted by Gasteiger charge is -2.31. The monoisotopic (exact) mass is 200 g/mol. The molecule has 0 aromatic heterocycles. The first kappa shape index (κ1) is 12.0. The molecule has 0 aliphatic carbocycles. The fraction of sp³-hybridized carbons (Fsp3) is 1.00. The van der Waals surface area contributed by atoms with Gasteiger partial charge >= 0.3 is 0 Å². The number of likely N-dealkylation sites (tertiary alicyclic amines) is 1. The predicted octanol–water partition coefficient (Wildman–Crippen LogP) is 1.95. The third kappa shape index (κ3) is 3.56. The minimum atomic E-state index is 0.964. The lowest BCUT2D eigenvalue weighted by molar-refractivity contribution is -0.960. The maximum Gasteiger partial charge on any atom is 0.0976 e. The van der Waals surface area contributed by atoms with Gasteiger partial charge in [0.05, 0.1) is 19.6 Å². The number of nitrogens with one attached hydrogen (secondary N) is 1. The largest absolute Gasteiger partial charge is 0.232 e. The van der Waals surface area contributed by atoms with Gasteiger partial charge in [-0.15, -0.1) is 5.53 Å². The Hall–Kier alpha value is -0.120. The molecule has 0 aromatic carbocycles. The topological polar surface area (TPSA) is 38.0 Å². The molecule has 1 fully saturated rings. The molecule has 0 saturated carbocycles. The van der Waals surface area contributed by atoms with Crippen LogP contribution in [0.25, 0.3) is 0 Å². The van der Waals surface area contributed by atoms with E-state index >= 15 is 0 Å². The zero-order chi connectivity index (χ0) is 10.3. The van der Waals surface area contributed by atoms with Crippen molar-refractivity contribution in [2.24, 2.45) is 5.84 Å². The number of nitrogens with two attached hydrogens (primary N) is 1. The number of nitrogens with zero attached hydrogens (tertiary/aromatic N) is 1. The van der Waals surface area contributed by atoms with Crippen molar-refractivity contribution in [3.8, 4) is 0 Å². The van der Waals surface area contributed by atoms with E-state index in [2.05, 4.69) is 12.5 Å². The molecule has 84 valence electrons. The number of hydrogen-bond acceptors (Lipinski definition) is 2. The molecule has 1 rings (SSSR count). The van der Waals surface area contributed by atoms with Gasteiger partial charge in [-0.3, -0.25) is 0 Å². The Bertz CT molecular complexity index is 141.